The predicted octanol–water partition coefficient (Wildman–Crippen LogP) is 6.76. The molecule has 10 heteroatoms. The van der Waals surface area contributed by atoms with E-state index in [1.807, 2.05) is 6.07 Å². The molecule has 7 aromatic rings. The van der Waals surface area contributed by atoms with Crippen LogP contribution in [-0.2, 0) is 0 Å². The van der Waals surface area contributed by atoms with Gasteiger partial charge in [-0.2, -0.15) is 5.10 Å². The van der Waals surface area contributed by atoms with Crippen molar-refractivity contribution in [3.63, 3.8) is 0 Å². The Bertz CT molecular complexity index is 2070. The molecule has 0 fully saturated rings. The molecule has 4 aromatic heterocycles. The number of amides is 1. The Balaban J connectivity index is 1.27. The van der Waals surface area contributed by atoms with Crippen LogP contribution in [0.4, 0.5) is 14.5 Å². The van der Waals surface area contributed by atoms with E-state index in [4.69, 9.17) is 4.98 Å². The summed E-state index contributed by atoms with van der Waals surface area (Å²) in [6, 6.07) is 21.5. The average Bonchev–Trinajstić information content (AvgIpc) is 3.63. The van der Waals surface area contributed by atoms with Crippen molar-refractivity contribution in [2.45, 2.75) is 0 Å². The van der Waals surface area contributed by atoms with Gasteiger partial charge < -0.3 is 10.3 Å². The fraction of sp³-hybridized carbons (Fsp3) is 0. The summed E-state index contributed by atoms with van der Waals surface area (Å²) in [5, 5.41) is 10.5. The zero-order chi connectivity index (χ0) is 27.9. The number of rotatable bonds is 5. The summed E-state index contributed by atoms with van der Waals surface area (Å²) in [6.07, 6.45) is 4.77. The SMILES string of the molecule is O=C(Nc1cncc(-c2cc(F)c3[nH]nc(-c4nc5c(-c6ccc(F)cc6)nccc5[nH]4)c3c2)c1)c1ccccc1. The van der Waals surface area contributed by atoms with Gasteiger partial charge in [0.2, 0.25) is 0 Å². The number of pyridine rings is 2. The van der Waals surface area contributed by atoms with Crippen LogP contribution in [0.3, 0.4) is 0 Å². The van der Waals surface area contributed by atoms with Crippen molar-refractivity contribution < 1.29 is 13.6 Å². The maximum Gasteiger partial charge on any atom is 0.255 e. The lowest BCUT2D eigenvalue weighted by molar-refractivity contribution is 0.102. The van der Waals surface area contributed by atoms with Crippen LogP contribution in [0, 0.1) is 11.6 Å². The molecule has 0 aliphatic rings. The van der Waals surface area contributed by atoms with Gasteiger partial charge in [-0.05, 0) is 66.2 Å². The number of nitrogens with zero attached hydrogens (tertiary/aromatic N) is 4. The lowest BCUT2D eigenvalue weighted by Crippen LogP contribution is -2.11. The van der Waals surface area contributed by atoms with Gasteiger partial charge in [0, 0.05) is 34.5 Å². The molecule has 0 atom stereocenters. The topological polar surface area (TPSA) is 112 Å². The summed E-state index contributed by atoms with van der Waals surface area (Å²) in [5.74, 6) is -0.702. The van der Waals surface area contributed by atoms with E-state index in [9.17, 15) is 9.18 Å². The first kappa shape index (κ1) is 24.3. The van der Waals surface area contributed by atoms with Crippen molar-refractivity contribution in [2.24, 2.45) is 0 Å². The number of H-pyrrole nitrogens is 2. The fourth-order valence-electron chi connectivity index (χ4n) is 4.75. The molecule has 7 rings (SSSR count). The number of hydrogen-bond donors (Lipinski definition) is 3. The Morgan fingerprint density at radius 2 is 1.66 bits per heavy atom. The molecule has 8 nitrogen and oxygen atoms in total. The normalized spacial score (nSPS) is 11.3. The Morgan fingerprint density at radius 1 is 0.829 bits per heavy atom. The Kier molecular flexibility index (Phi) is 5.78. The number of halogens is 2. The number of aromatic nitrogens is 6. The molecule has 198 valence electrons. The zero-order valence-electron chi connectivity index (χ0n) is 21.2. The molecule has 0 bridgehead atoms. The summed E-state index contributed by atoms with van der Waals surface area (Å²) in [6.45, 7) is 0. The van der Waals surface area contributed by atoms with E-state index < -0.39 is 5.82 Å². The number of aromatic amines is 2. The highest BCUT2D eigenvalue weighted by Crippen LogP contribution is 2.34. The van der Waals surface area contributed by atoms with Crippen molar-refractivity contribution >= 4 is 33.5 Å². The van der Waals surface area contributed by atoms with Crippen LogP contribution in [0.2, 0.25) is 0 Å². The maximum absolute atomic E-state index is 15.3. The second kappa shape index (κ2) is 9.76. The molecule has 1 amide bonds. The number of nitrogens with one attached hydrogen (secondary N) is 3. The summed E-state index contributed by atoms with van der Waals surface area (Å²) < 4.78 is 28.8. The first-order valence-corrected chi connectivity index (χ1v) is 12.6. The highest BCUT2D eigenvalue weighted by atomic mass is 19.1. The average molecular weight is 544 g/mol. The van der Waals surface area contributed by atoms with Crippen LogP contribution < -0.4 is 5.32 Å². The van der Waals surface area contributed by atoms with E-state index in [1.54, 1.807) is 67.0 Å². The second-order valence-electron chi connectivity index (χ2n) is 9.38. The van der Waals surface area contributed by atoms with Gasteiger partial charge in [0.1, 0.15) is 28.4 Å². The van der Waals surface area contributed by atoms with Crippen LogP contribution in [0.1, 0.15) is 10.4 Å². The van der Waals surface area contributed by atoms with Crippen LogP contribution in [0.5, 0.6) is 0 Å². The van der Waals surface area contributed by atoms with Gasteiger partial charge >= 0.3 is 0 Å². The molecule has 0 radical (unpaired) electrons. The van der Waals surface area contributed by atoms with Crippen molar-refractivity contribution in [2.75, 3.05) is 5.32 Å². The molecule has 0 aliphatic carbocycles. The second-order valence-corrected chi connectivity index (χ2v) is 9.38. The van der Waals surface area contributed by atoms with Gasteiger partial charge in [-0.15, -0.1) is 0 Å². The van der Waals surface area contributed by atoms with Crippen LogP contribution in [-0.4, -0.2) is 36.0 Å². The minimum Gasteiger partial charge on any atom is -0.336 e. The number of imidazole rings is 1. The number of benzene rings is 3. The molecule has 41 heavy (non-hydrogen) atoms. The molecule has 0 spiro atoms. The highest BCUT2D eigenvalue weighted by molar-refractivity contribution is 6.04. The molecule has 3 aromatic carbocycles. The third-order valence-electron chi connectivity index (χ3n) is 6.73. The Hall–Kier alpha value is -5.77. The monoisotopic (exact) mass is 543 g/mol. The zero-order valence-corrected chi connectivity index (χ0v) is 21.2. The third-order valence-corrected chi connectivity index (χ3v) is 6.73. The number of carbonyl (C=O) groups excluding carboxylic acids is 1. The molecule has 4 heterocycles. The van der Waals surface area contributed by atoms with Crippen LogP contribution in [0.15, 0.2) is 97.5 Å². The third kappa shape index (κ3) is 4.47. The fourth-order valence-corrected chi connectivity index (χ4v) is 4.75. The molecule has 0 saturated carbocycles. The van der Waals surface area contributed by atoms with E-state index >= 15 is 4.39 Å². The van der Waals surface area contributed by atoms with Crippen molar-refractivity contribution in [1.29, 1.82) is 0 Å². The minimum absolute atomic E-state index is 0.225. The van der Waals surface area contributed by atoms with Crippen molar-refractivity contribution in [3.8, 4) is 33.9 Å². The van der Waals surface area contributed by atoms with Gasteiger partial charge in [0.05, 0.1) is 23.1 Å². The molecule has 0 unspecified atom stereocenters. The summed E-state index contributed by atoms with van der Waals surface area (Å²) in [4.78, 5) is 29.3. The van der Waals surface area contributed by atoms with E-state index in [2.05, 4.69) is 30.5 Å². The summed E-state index contributed by atoms with van der Waals surface area (Å²) in [7, 11) is 0. The van der Waals surface area contributed by atoms with E-state index in [1.165, 1.54) is 24.4 Å². The van der Waals surface area contributed by atoms with Crippen LogP contribution >= 0.6 is 0 Å². The van der Waals surface area contributed by atoms with Gasteiger partial charge in [0.15, 0.2) is 5.82 Å². The van der Waals surface area contributed by atoms with E-state index in [0.717, 1.165) is 0 Å². The minimum atomic E-state index is -0.500. The smallest absolute Gasteiger partial charge is 0.255 e. The van der Waals surface area contributed by atoms with Gasteiger partial charge in [-0.1, -0.05) is 18.2 Å². The van der Waals surface area contributed by atoms with Crippen molar-refractivity contribution in [1.82, 2.24) is 30.1 Å². The Labute approximate surface area is 231 Å². The molecular weight excluding hydrogens is 524 g/mol. The number of anilines is 1. The predicted molar refractivity (Wildman–Crippen MR) is 152 cm³/mol. The largest absolute Gasteiger partial charge is 0.336 e. The lowest BCUT2D eigenvalue weighted by Gasteiger charge is -2.08. The number of carbonyl (C=O) groups is 1. The standard InChI is InChI=1S/C31H19F2N7O/c32-21-8-6-17(7-9-21)26-29-25(10-11-35-26)37-30(38-29)28-23-13-19(14-24(33)27(23)39-40-28)20-12-22(16-34-15-20)36-31(41)18-4-2-1-3-5-18/h1-16H,(H,36,41)(H,37,38)(H,39,40). The van der Waals surface area contributed by atoms with Crippen molar-refractivity contribution in [3.05, 3.63) is 115 Å². The molecular formula is C31H19F2N7O. The van der Waals surface area contributed by atoms with E-state index in [-0.39, 0.29) is 17.2 Å². The van der Waals surface area contributed by atoms with E-state index in [0.29, 0.717) is 61.6 Å². The molecule has 0 saturated heterocycles. The van der Waals surface area contributed by atoms with Gasteiger partial charge in [-0.3, -0.25) is 19.9 Å². The first-order chi connectivity index (χ1) is 20.0. The number of hydrogen-bond acceptors (Lipinski definition) is 5. The molecule has 0 aliphatic heterocycles. The lowest BCUT2D eigenvalue weighted by atomic mass is 10.0. The van der Waals surface area contributed by atoms with Gasteiger partial charge in [-0.25, -0.2) is 13.8 Å². The number of fused-ring (bicyclic) bond motifs is 2. The quantitative estimate of drug-likeness (QED) is 0.222. The summed E-state index contributed by atoms with van der Waals surface area (Å²) in [5.41, 5.74) is 5.35. The highest BCUT2D eigenvalue weighted by Gasteiger charge is 2.19. The Morgan fingerprint density at radius 3 is 2.49 bits per heavy atom. The summed E-state index contributed by atoms with van der Waals surface area (Å²) >= 11 is 0. The maximum atomic E-state index is 15.3. The van der Waals surface area contributed by atoms with Crippen LogP contribution in [0.25, 0.3) is 55.8 Å². The molecule has 3 N–H and O–H groups in total. The first-order valence-electron chi connectivity index (χ1n) is 12.6. The van der Waals surface area contributed by atoms with Gasteiger partial charge in [0.25, 0.3) is 5.91 Å².